The minimum Gasteiger partial charge on any atom is -0.460 e. The molecule has 0 radical (unpaired) electrons. The largest absolute Gasteiger partial charge is 0.460 e. The van der Waals surface area contributed by atoms with Gasteiger partial charge < -0.3 is 20.1 Å². The van der Waals surface area contributed by atoms with Gasteiger partial charge in [-0.05, 0) is 123 Å². The van der Waals surface area contributed by atoms with Crippen LogP contribution in [0.15, 0.2) is 0 Å². The number of nitrogens with one attached hydrogen (secondary N) is 2. The van der Waals surface area contributed by atoms with Gasteiger partial charge in [-0.3, -0.25) is 9.59 Å². The lowest BCUT2D eigenvalue weighted by atomic mass is 10.1. The van der Waals surface area contributed by atoms with E-state index >= 15 is 0 Å². The Morgan fingerprint density at radius 3 is 1.11 bits per heavy atom. The maximum atomic E-state index is 12.1. The zero-order chi connectivity index (χ0) is 22.6. The van der Waals surface area contributed by atoms with E-state index in [1.165, 1.54) is 27.7 Å². The summed E-state index contributed by atoms with van der Waals surface area (Å²) in [7, 11) is 0. The highest BCUT2D eigenvalue weighted by molar-refractivity contribution is 9.40. The van der Waals surface area contributed by atoms with Gasteiger partial charge in [0, 0.05) is 0 Å². The van der Waals surface area contributed by atoms with Crippen LogP contribution in [-0.4, -0.2) is 52.3 Å². The second-order valence-electron chi connectivity index (χ2n) is 6.43. The van der Waals surface area contributed by atoms with Crippen molar-refractivity contribution in [1.82, 2.24) is 10.6 Å². The van der Waals surface area contributed by atoms with E-state index in [1.54, 1.807) is 0 Å². The molecule has 0 heterocycles. The van der Waals surface area contributed by atoms with E-state index in [0.717, 1.165) is 0 Å². The molecular weight excluding hydrogens is 772 g/mol. The number of alkyl halides is 6. The maximum Gasteiger partial charge on any atom is 0.331 e. The summed E-state index contributed by atoms with van der Waals surface area (Å²) in [5.41, 5.74) is -2.64. The summed E-state index contributed by atoms with van der Waals surface area (Å²) in [5, 5.41) is 4.97. The summed E-state index contributed by atoms with van der Waals surface area (Å²) < 4.78 is 7.63. The molecule has 0 aliphatic heterocycles. The van der Waals surface area contributed by atoms with E-state index in [-0.39, 0.29) is 13.2 Å². The number of carbonyl (C=O) groups excluding carboxylic acids is 4. The summed E-state index contributed by atoms with van der Waals surface area (Å²) in [4.78, 5) is 48.1. The molecule has 0 aromatic carbocycles. The lowest BCUT2D eigenvalue weighted by Gasteiger charge is -2.27. The second-order valence-corrected chi connectivity index (χ2v) is 19.9. The standard InChI is InChI=1S/C14H18Br6N2O6/c1-11(2,21-7(23)13(15,16)17)9(25)27-5-6-28-10(26)12(3,4)22-8(24)14(18,19)20/h5-6H2,1-4H3,(H,21,23)(H,22,24). The van der Waals surface area contributed by atoms with Crippen molar-refractivity contribution < 1.29 is 28.7 Å². The Morgan fingerprint density at radius 1 is 0.643 bits per heavy atom. The molecule has 2 N–H and O–H groups in total. The highest BCUT2D eigenvalue weighted by Gasteiger charge is 2.39. The highest BCUT2D eigenvalue weighted by atomic mass is 80.0. The van der Waals surface area contributed by atoms with Crippen molar-refractivity contribution in [3.63, 3.8) is 0 Å². The molecule has 28 heavy (non-hydrogen) atoms. The van der Waals surface area contributed by atoms with Gasteiger partial charge in [-0.1, -0.05) is 0 Å². The van der Waals surface area contributed by atoms with Crippen molar-refractivity contribution in [3.05, 3.63) is 0 Å². The molecule has 0 aromatic heterocycles. The molecule has 0 aromatic rings. The first kappa shape index (κ1) is 28.8. The first-order valence-electron chi connectivity index (χ1n) is 7.44. The van der Waals surface area contributed by atoms with Crippen LogP contribution in [0.2, 0.25) is 0 Å². The smallest absolute Gasteiger partial charge is 0.331 e. The predicted molar refractivity (Wildman–Crippen MR) is 125 cm³/mol. The average Bonchev–Trinajstić information content (AvgIpc) is 2.48. The third kappa shape index (κ3) is 10.2. The molecule has 0 bridgehead atoms. The molecule has 0 unspecified atom stereocenters. The Balaban J connectivity index is 4.54. The summed E-state index contributed by atoms with van der Waals surface area (Å²) in [6.07, 6.45) is 0. The molecule has 0 saturated heterocycles. The predicted octanol–water partition coefficient (Wildman–Crippen LogP) is 3.54. The lowest BCUT2D eigenvalue weighted by molar-refractivity contribution is -0.160. The van der Waals surface area contributed by atoms with Gasteiger partial charge in [0.25, 0.3) is 11.8 Å². The molecule has 2 amide bonds. The van der Waals surface area contributed by atoms with Crippen molar-refractivity contribution in [3.8, 4) is 0 Å². The molecule has 0 fully saturated rings. The van der Waals surface area contributed by atoms with Gasteiger partial charge in [0.1, 0.15) is 24.3 Å². The van der Waals surface area contributed by atoms with Crippen LogP contribution in [-0.2, 0) is 28.7 Å². The molecule has 8 nitrogen and oxygen atoms in total. The SMILES string of the molecule is CC(C)(NC(=O)C(Br)(Br)Br)C(=O)OCCOC(=O)C(C)(C)NC(=O)C(Br)(Br)Br. The lowest BCUT2D eigenvalue weighted by Crippen LogP contribution is -2.54. The van der Waals surface area contributed by atoms with Crippen LogP contribution in [0.25, 0.3) is 0 Å². The summed E-state index contributed by atoms with van der Waals surface area (Å²) in [6.45, 7) is 5.39. The minimum atomic E-state index is -1.32. The van der Waals surface area contributed by atoms with Crippen LogP contribution in [0.3, 0.4) is 0 Å². The molecule has 14 heteroatoms. The summed E-state index contributed by atoms with van der Waals surface area (Å²) >= 11 is 18.3. The first-order valence-corrected chi connectivity index (χ1v) is 12.2. The van der Waals surface area contributed by atoms with Gasteiger partial charge in [-0.15, -0.1) is 0 Å². The van der Waals surface area contributed by atoms with Gasteiger partial charge in [0.2, 0.25) is 4.29 Å². The molecule has 162 valence electrons. The van der Waals surface area contributed by atoms with Gasteiger partial charge in [-0.25, -0.2) is 9.59 Å². The van der Waals surface area contributed by atoms with Crippen LogP contribution in [0.4, 0.5) is 0 Å². The molecule has 0 aliphatic carbocycles. The number of ether oxygens (including phenoxy) is 2. The van der Waals surface area contributed by atoms with Gasteiger partial charge in [0.05, 0.1) is 0 Å². The Bertz CT molecular complexity index is 573. The average molecular weight is 790 g/mol. The van der Waals surface area contributed by atoms with Gasteiger partial charge in [0.15, 0.2) is 0 Å². The number of rotatable bonds is 7. The number of hydrogen-bond donors (Lipinski definition) is 2. The highest BCUT2D eigenvalue weighted by Crippen LogP contribution is 2.34. The Hall–Kier alpha value is 0.760. The third-order valence-electron chi connectivity index (χ3n) is 2.94. The molecule has 0 atom stereocenters. The quantitative estimate of drug-likeness (QED) is 0.232. The first-order chi connectivity index (χ1) is 12.3. The molecule has 0 saturated carbocycles. The number of esters is 2. The van der Waals surface area contributed by atoms with E-state index in [9.17, 15) is 19.2 Å². The van der Waals surface area contributed by atoms with Crippen molar-refractivity contribution in [2.24, 2.45) is 0 Å². The molecule has 0 aliphatic rings. The topological polar surface area (TPSA) is 111 Å². The van der Waals surface area contributed by atoms with Crippen LogP contribution in [0.5, 0.6) is 0 Å². The molecule has 0 rings (SSSR count). The van der Waals surface area contributed by atoms with Crippen molar-refractivity contribution >= 4 is 119 Å². The summed E-state index contributed by atoms with van der Waals surface area (Å²) in [5.74, 6) is -2.52. The fraction of sp³-hybridized carbons (Fsp3) is 0.714. The van der Waals surface area contributed by atoms with Crippen LogP contribution in [0.1, 0.15) is 27.7 Å². The van der Waals surface area contributed by atoms with Crippen molar-refractivity contribution in [1.29, 1.82) is 0 Å². The molecular formula is C14H18Br6N2O6. The van der Waals surface area contributed by atoms with E-state index < -0.39 is 39.1 Å². The summed E-state index contributed by atoms with van der Waals surface area (Å²) in [6, 6.07) is 0. The Morgan fingerprint density at radius 2 is 0.893 bits per heavy atom. The maximum absolute atomic E-state index is 12.1. The number of carbonyl (C=O) groups is 4. The van der Waals surface area contributed by atoms with E-state index in [1.807, 2.05) is 0 Å². The number of hydrogen-bond acceptors (Lipinski definition) is 6. The van der Waals surface area contributed by atoms with E-state index in [2.05, 4.69) is 106 Å². The van der Waals surface area contributed by atoms with Crippen LogP contribution >= 0.6 is 95.6 Å². The van der Waals surface area contributed by atoms with Crippen molar-refractivity contribution in [2.45, 2.75) is 43.1 Å². The van der Waals surface area contributed by atoms with Gasteiger partial charge in [-0.2, -0.15) is 0 Å². The van der Waals surface area contributed by atoms with Crippen LogP contribution < -0.4 is 10.6 Å². The fourth-order valence-corrected chi connectivity index (χ4v) is 2.04. The van der Waals surface area contributed by atoms with Gasteiger partial charge >= 0.3 is 11.9 Å². The minimum absolute atomic E-state index is 0.227. The Labute approximate surface area is 213 Å². The second kappa shape index (κ2) is 10.9. The normalized spacial score (nSPS) is 12.8. The zero-order valence-corrected chi connectivity index (χ0v) is 24.6. The zero-order valence-electron chi connectivity index (χ0n) is 15.1. The number of amides is 2. The van der Waals surface area contributed by atoms with Crippen molar-refractivity contribution in [2.75, 3.05) is 13.2 Å². The Kier molecular flexibility index (Phi) is 11.2. The monoisotopic (exact) mass is 784 g/mol. The molecule has 0 spiro atoms. The number of halogens is 6. The van der Waals surface area contributed by atoms with E-state index in [4.69, 9.17) is 9.47 Å². The fourth-order valence-electron chi connectivity index (χ4n) is 1.44. The van der Waals surface area contributed by atoms with Crippen LogP contribution in [0, 0.1) is 0 Å². The van der Waals surface area contributed by atoms with E-state index in [0.29, 0.717) is 0 Å². The third-order valence-corrected chi connectivity index (χ3v) is 5.10.